The zero-order valence-electron chi connectivity index (χ0n) is 15.9. The molecular formula is C25H17NO4. The normalized spacial score (nSPS) is 11.1. The van der Waals surface area contributed by atoms with E-state index < -0.39 is 0 Å². The topological polar surface area (TPSA) is 72.5 Å². The summed E-state index contributed by atoms with van der Waals surface area (Å²) in [6.45, 7) is -0.0293. The Labute approximate surface area is 171 Å². The molecule has 1 N–H and O–H groups in total. The number of benzene rings is 3. The van der Waals surface area contributed by atoms with Gasteiger partial charge in [0.1, 0.15) is 11.2 Å². The van der Waals surface area contributed by atoms with Gasteiger partial charge in [0.15, 0.2) is 11.5 Å². The van der Waals surface area contributed by atoms with Crippen LogP contribution in [0.2, 0.25) is 0 Å². The van der Waals surface area contributed by atoms with Gasteiger partial charge in [-0.05, 0) is 24.3 Å². The first-order chi connectivity index (χ1) is 14.7. The third-order valence-corrected chi connectivity index (χ3v) is 4.96. The number of carbonyl (C=O) groups excluding carboxylic acids is 2. The highest BCUT2D eigenvalue weighted by Crippen LogP contribution is 2.32. The zero-order chi connectivity index (χ0) is 20.5. The fraction of sp³-hybridized carbons (Fsp3) is 0.0400. The SMILES string of the molecule is O=C(CNc1c(C(=O)c2ccccc2)oc2ccccc12)c1cc2ccccc2o1. The number of carbonyl (C=O) groups is 2. The molecule has 0 bridgehead atoms. The van der Waals surface area contributed by atoms with E-state index in [0.29, 0.717) is 22.4 Å². The van der Waals surface area contributed by atoms with E-state index in [1.807, 2.05) is 48.5 Å². The van der Waals surface area contributed by atoms with Crippen LogP contribution < -0.4 is 5.32 Å². The molecular weight excluding hydrogens is 378 g/mol. The van der Waals surface area contributed by atoms with E-state index in [-0.39, 0.29) is 29.6 Å². The van der Waals surface area contributed by atoms with E-state index >= 15 is 0 Å². The van der Waals surface area contributed by atoms with Gasteiger partial charge in [-0.1, -0.05) is 60.7 Å². The summed E-state index contributed by atoms with van der Waals surface area (Å²) in [5.74, 6) is -0.00711. The first-order valence-electron chi connectivity index (χ1n) is 9.57. The number of Topliss-reactive ketones (excluding diaryl/α,β-unsaturated/α-hetero) is 1. The van der Waals surface area contributed by atoms with Crippen molar-refractivity contribution in [3.05, 3.63) is 102 Å². The van der Waals surface area contributed by atoms with Crippen molar-refractivity contribution in [1.82, 2.24) is 0 Å². The van der Waals surface area contributed by atoms with Gasteiger partial charge in [0.05, 0.1) is 12.2 Å². The van der Waals surface area contributed by atoms with Crippen molar-refractivity contribution in [3.63, 3.8) is 0 Å². The molecule has 0 aliphatic carbocycles. The molecule has 5 heteroatoms. The third kappa shape index (κ3) is 3.16. The lowest BCUT2D eigenvalue weighted by Crippen LogP contribution is -2.15. The number of anilines is 1. The van der Waals surface area contributed by atoms with Crippen LogP contribution in [0.15, 0.2) is 93.8 Å². The maximum absolute atomic E-state index is 13.0. The Kier molecular flexibility index (Phi) is 4.41. The Morgan fingerprint density at radius 1 is 0.767 bits per heavy atom. The van der Waals surface area contributed by atoms with E-state index in [0.717, 1.165) is 10.8 Å². The van der Waals surface area contributed by atoms with Crippen LogP contribution in [0.5, 0.6) is 0 Å². The number of furan rings is 2. The maximum atomic E-state index is 13.0. The molecule has 0 unspecified atom stereocenters. The fourth-order valence-electron chi connectivity index (χ4n) is 3.48. The predicted octanol–water partition coefficient (Wildman–Crippen LogP) is 5.70. The van der Waals surface area contributed by atoms with E-state index in [4.69, 9.17) is 8.83 Å². The van der Waals surface area contributed by atoms with Crippen molar-refractivity contribution in [1.29, 1.82) is 0 Å². The quantitative estimate of drug-likeness (QED) is 0.373. The monoisotopic (exact) mass is 395 g/mol. The summed E-state index contributed by atoms with van der Waals surface area (Å²) in [6, 6.07) is 25.5. The van der Waals surface area contributed by atoms with Gasteiger partial charge in [-0.15, -0.1) is 0 Å². The molecule has 2 aromatic heterocycles. The van der Waals surface area contributed by atoms with Gasteiger partial charge < -0.3 is 14.2 Å². The Hall–Kier alpha value is -4.12. The first-order valence-corrected chi connectivity index (χ1v) is 9.57. The minimum atomic E-state index is -0.245. The van der Waals surface area contributed by atoms with E-state index in [1.165, 1.54) is 0 Å². The molecule has 2 heterocycles. The molecule has 0 spiro atoms. The van der Waals surface area contributed by atoms with Gasteiger partial charge in [-0.2, -0.15) is 0 Å². The largest absolute Gasteiger partial charge is 0.453 e. The van der Waals surface area contributed by atoms with Crippen LogP contribution in [-0.2, 0) is 0 Å². The number of fused-ring (bicyclic) bond motifs is 2. The van der Waals surface area contributed by atoms with Crippen LogP contribution in [-0.4, -0.2) is 18.1 Å². The zero-order valence-corrected chi connectivity index (χ0v) is 15.9. The van der Waals surface area contributed by atoms with Crippen molar-refractivity contribution >= 4 is 39.2 Å². The lowest BCUT2D eigenvalue weighted by atomic mass is 10.1. The van der Waals surface area contributed by atoms with Crippen LogP contribution in [0.1, 0.15) is 26.7 Å². The molecule has 146 valence electrons. The van der Waals surface area contributed by atoms with Crippen molar-refractivity contribution in [2.75, 3.05) is 11.9 Å². The fourth-order valence-corrected chi connectivity index (χ4v) is 3.48. The summed E-state index contributed by atoms with van der Waals surface area (Å²) in [5.41, 5.74) is 2.26. The number of nitrogens with one attached hydrogen (secondary N) is 1. The Bertz CT molecular complexity index is 1350. The van der Waals surface area contributed by atoms with Gasteiger partial charge in [-0.25, -0.2) is 0 Å². The summed E-state index contributed by atoms with van der Waals surface area (Å²) in [7, 11) is 0. The highest BCUT2D eigenvalue weighted by molar-refractivity contribution is 6.15. The number of ketones is 2. The average molecular weight is 395 g/mol. The molecule has 0 radical (unpaired) electrons. The molecule has 3 aromatic carbocycles. The van der Waals surface area contributed by atoms with Gasteiger partial charge in [0.25, 0.3) is 0 Å². The summed E-state index contributed by atoms with van der Waals surface area (Å²) in [5, 5.41) is 4.72. The first kappa shape index (κ1) is 17.9. The molecule has 0 fully saturated rings. The second-order valence-electron chi connectivity index (χ2n) is 6.92. The van der Waals surface area contributed by atoms with Crippen molar-refractivity contribution < 1.29 is 18.4 Å². The summed E-state index contributed by atoms with van der Waals surface area (Å²) >= 11 is 0. The maximum Gasteiger partial charge on any atom is 0.230 e. The predicted molar refractivity (Wildman–Crippen MR) is 115 cm³/mol. The number of hydrogen-bond donors (Lipinski definition) is 1. The molecule has 0 atom stereocenters. The molecule has 0 aliphatic heterocycles. The van der Waals surface area contributed by atoms with Gasteiger partial charge in [0, 0.05) is 16.3 Å². The average Bonchev–Trinajstić information content (AvgIpc) is 3.39. The van der Waals surface area contributed by atoms with E-state index in [1.54, 1.807) is 36.4 Å². The molecule has 0 aliphatic rings. The number of para-hydroxylation sites is 2. The lowest BCUT2D eigenvalue weighted by Gasteiger charge is -2.06. The second kappa shape index (κ2) is 7.37. The van der Waals surface area contributed by atoms with Crippen LogP contribution in [0.25, 0.3) is 21.9 Å². The summed E-state index contributed by atoms with van der Waals surface area (Å²) in [4.78, 5) is 25.8. The summed E-state index contributed by atoms with van der Waals surface area (Å²) < 4.78 is 11.5. The number of rotatable bonds is 6. The minimum absolute atomic E-state index is 0.0293. The van der Waals surface area contributed by atoms with Gasteiger partial charge in [-0.3, -0.25) is 9.59 Å². The molecule has 0 saturated heterocycles. The molecule has 5 rings (SSSR count). The lowest BCUT2D eigenvalue weighted by molar-refractivity contribution is 0.0978. The van der Waals surface area contributed by atoms with Gasteiger partial charge >= 0.3 is 0 Å². The Morgan fingerprint density at radius 2 is 1.47 bits per heavy atom. The highest BCUT2D eigenvalue weighted by atomic mass is 16.3. The van der Waals surface area contributed by atoms with E-state index in [2.05, 4.69) is 5.32 Å². The molecule has 0 amide bonds. The standard InChI is InChI=1S/C25H17NO4/c27-19(22-14-17-10-4-6-12-20(17)29-22)15-26-23-18-11-5-7-13-21(18)30-25(23)24(28)16-8-2-1-3-9-16/h1-14,26H,15H2. The summed E-state index contributed by atoms with van der Waals surface area (Å²) in [6.07, 6.45) is 0. The Balaban J connectivity index is 1.47. The van der Waals surface area contributed by atoms with Crippen molar-refractivity contribution in [3.8, 4) is 0 Å². The van der Waals surface area contributed by atoms with Crippen molar-refractivity contribution in [2.24, 2.45) is 0 Å². The molecule has 0 saturated carbocycles. The second-order valence-corrected chi connectivity index (χ2v) is 6.92. The molecule has 5 aromatic rings. The van der Waals surface area contributed by atoms with Crippen molar-refractivity contribution in [2.45, 2.75) is 0 Å². The van der Waals surface area contributed by atoms with E-state index in [9.17, 15) is 9.59 Å². The van der Waals surface area contributed by atoms with Crippen LogP contribution >= 0.6 is 0 Å². The minimum Gasteiger partial charge on any atom is -0.453 e. The molecule has 5 nitrogen and oxygen atoms in total. The third-order valence-electron chi connectivity index (χ3n) is 4.96. The van der Waals surface area contributed by atoms with Crippen LogP contribution in [0, 0.1) is 0 Å². The number of hydrogen-bond acceptors (Lipinski definition) is 5. The van der Waals surface area contributed by atoms with Crippen LogP contribution in [0.3, 0.4) is 0 Å². The van der Waals surface area contributed by atoms with Crippen LogP contribution in [0.4, 0.5) is 5.69 Å². The van der Waals surface area contributed by atoms with Gasteiger partial charge in [0.2, 0.25) is 11.6 Å². The molecule has 30 heavy (non-hydrogen) atoms. The highest BCUT2D eigenvalue weighted by Gasteiger charge is 2.23. The Morgan fingerprint density at radius 3 is 2.27 bits per heavy atom. The smallest absolute Gasteiger partial charge is 0.230 e.